The molecule has 3 amide bonds. The maximum absolute atomic E-state index is 12.4. The number of carbonyl (C=O) groups is 2. The zero-order valence-corrected chi connectivity index (χ0v) is 11.5. The molecule has 6 nitrogen and oxygen atoms in total. The SMILES string of the molecule is CC(C)(C#N)CCN1C(=O)NC2(CCNCC2)C1=O. The lowest BCUT2D eigenvalue weighted by molar-refractivity contribution is -0.132. The minimum Gasteiger partial charge on any atom is -0.323 e. The third-order valence-electron chi connectivity index (χ3n) is 3.97. The molecule has 0 aliphatic carbocycles. The number of hydrogen-bond donors (Lipinski definition) is 2. The van der Waals surface area contributed by atoms with Gasteiger partial charge in [0.15, 0.2) is 0 Å². The molecule has 19 heavy (non-hydrogen) atoms. The minimum absolute atomic E-state index is 0.132. The second-order valence-electron chi connectivity index (χ2n) is 5.96. The molecule has 2 rings (SSSR count). The van der Waals surface area contributed by atoms with E-state index in [-0.39, 0.29) is 11.9 Å². The Morgan fingerprint density at radius 2 is 2.00 bits per heavy atom. The Bertz CT molecular complexity index is 432. The van der Waals surface area contributed by atoms with Crippen molar-refractivity contribution in [2.75, 3.05) is 19.6 Å². The molecule has 0 atom stereocenters. The average Bonchev–Trinajstić information content (AvgIpc) is 2.60. The molecule has 0 radical (unpaired) electrons. The van der Waals surface area contributed by atoms with E-state index in [1.807, 2.05) is 13.8 Å². The fourth-order valence-corrected chi connectivity index (χ4v) is 2.52. The first kappa shape index (κ1) is 13.8. The summed E-state index contributed by atoms with van der Waals surface area (Å²) in [4.78, 5) is 25.7. The molecule has 2 fully saturated rings. The Morgan fingerprint density at radius 3 is 2.58 bits per heavy atom. The van der Waals surface area contributed by atoms with Gasteiger partial charge in [0.1, 0.15) is 5.54 Å². The molecule has 0 aromatic carbocycles. The highest BCUT2D eigenvalue weighted by Crippen LogP contribution is 2.28. The zero-order chi connectivity index (χ0) is 14.1. The van der Waals surface area contributed by atoms with Crippen molar-refractivity contribution < 1.29 is 9.59 Å². The molecule has 0 unspecified atom stereocenters. The maximum atomic E-state index is 12.4. The lowest BCUT2D eigenvalue weighted by Crippen LogP contribution is -2.53. The fourth-order valence-electron chi connectivity index (χ4n) is 2.52. The third-order valence-corrected chi connectivity index (χ3v) is 3.97. The lowest BCUT2D eigenvalue weighted by atomic mass is 9.88. The first-order valence-electron chi connectivity index (χ1n) is 6.66. The number of hydrogen-bond acceptors (Lipinski definition) is 4. The molecule has 2 N–H and O–H groups in total. The molecule has 0 saturated carbocycles. The van der Waals surface area contributed by atoms with Crippen molar-refractivity contribution in [2.45, 2.75) is 38.6 Å². The van der Waals surface area contributed by atoms with E-state index in [2.05, 4.69) is 16.7 Å². The van der Waals surface area contributed by atoms with Crippen LogP contribution in [0.15, 0.2) is 0 Å². The smallest absolute Gasteiger partial charge is 0.323 e. The summed E-state index contributed by atoms with van der Waals surface area (Å²) in [5, 5.41) is 15.0. The van der Waals surface area contributed by atoms with E-state index >= 15 is 0 Å². The Morgan fingerprint density at radius 1 is 1.37 bits per heavy atom. The summed E-state index contributed by atoms with van der Waals surface area (Å²) in [7, 11) is 0. The van der Waals surface area contributed by atoms with Gasteiger partial charge in [-0.05, 0) is 46.2 Å². The Hall–Kier alpha value is -1.61. The summed E-state index contributed by atoms with van der Waals surface area (Å²) in [5.74, 6) is -0.132. The standard InChI is InChI=1S/C13H20N4O2/c1-12(2,9-14)5-8-17-10(18)13(16-11(17)19)3-6-15-7-4-13/h15H,3-8H2,1-2H3,(H,16,19). The molecule has 1 spiro atoms. The summed E-state index contributed by atoms with van der Waals surface area (Å²) in [5.41, 5.74) is -1.23. The van der Waals surface area contributed by atoms with Crippen LogP contribution in [0.3, 0.4) is 0 Å². The van der Waals surface area contributed by atoms with Crippen LogP contribution in [0.2, 0.25) is 0 Å². The molecule has 0 aromatic heterocycles. The second kappa shape index (κ2) is 4.82. The van der Waals surface area contributed by atoms with Crippen LogP contribution in [0.5, 0.6) is 0 Å². The van der Waals surface area contributed by atoms with E-state index in [0.717, 1.165) is 13.1 Å². The molecule has 2 saturated heterocycles. The number of rotatable bonds is 3. The Balaban J connectivity index is 2.05. The highest BCUT2D eigenvalue weighted by molar-refractivity contribution is 6.07. The molecule has 2 aliphatic rings. The predicted octanol–water partition coefficient (Wildman–Crippen LogP) is 0.600. The fraction of sp³-hybridized carbons (Fsp3) is 0.769. The minimum atomic E-state index is -0.709. The number of imide groups is 1. The highest BCUT2D eigenvalue weighted by Gasteiger charge is 2.51. The number of carbonyl (C=O) groups excluding carboxylic acids is 2. The van der Waals surface area contributed by atoms with Gasteiger partial charge in [-0.25, -0.2) is 4.79 Å². The van der Waals surface area contributed by atoms with Crippen molar-refractivity contribution in [1.82, 2.24) is 15.5 Å². The predicted molar refractivity (Wildman–Crippen MR) is 69.1 cm³/mol. The topological polar surface area (TPSA) is 85.2 Å². The van der Waals surface area contributed by atoms with Crippen LogP contribution in [0.4, 0.5) is 4.79 Å². The summed E-state index contributed by atoms with van der Waals surface area (Å²) in [6.07, 6.45) is 1.77. The van der Waals surface area contributed by atoms with Crippen molar-refractivity contribution in [2.24, 2.45) is 5.41 Å². The Kier molecular flexibility index (Phi) is 3.50. The summed E-state index contributed by atoms with van der Waals surface area (Å²) in [6, 6.07) is 1.87. The van der Waals surface area contributed by atoms with E-state index < -0.39 is 11.0 Å². The number of urea groups is 1. The largest absolute Gasteiger partial charge is 0.325 e. The van der Waals surface area contributed by atoms with Gasteiger partial charge in [0, 0.05) is 6.54 Å². The monoisotopic (exact) mass is 264 g/mol. The third kappa shape index (κ3) is 2.56. The van der Waals surface area contributed by atoms with Gasteiger partial charge in [0.2, 0.25) is 0 Å². The van der Waals surface area contributed by atoms with Crippen LogP contribution in [-0.4, -0.2) is 42.0 Å². The van der Waals surface area contributed by atoms with Crippen LogP contribution < -0.4 is 10.6 Å². The van der Waals surface area contributed by atoms with Crippen molar-refractivity contribution in [1.29, 1.82) is 5.26 Å². The van der Waals surface area contributed by atoms with Crippen LogP contribution in [0.1, 0.15) is 33.1 Å². The molecule has 2 heterocycles. The van der Waals surface area contributed by atoms with Crippen molar-refractivity contribution >= 4 is 11.9 Å². The van der Waals surface area contributed by atoms with E-state index in [1.54, 1.807) is 0 Å². The van der Waals surface area contributed by atoms with Crippen molar-refractivity contribution in [3.63, 3.8) is 0 Å². The highest BCUT2D eigenvalue weighted by atomic mass is 16.2. The van der Waals surface area contributed by atoms with Crippen LogP contribution in [0.25, 0.3) is 0 Å². The number of piperidine rings is 1. The molecule has 2 aliphatic heterocycles. The second-order valence-corrected chi connectivity index (χ2v) is 5.96. The van der Waals surface area contributed by atoms with Crippen LogP contribution in [0, 0.1) is 16.7 Å². The van der Waals surface area contributed by atoms with Crippen LogP contribution in [-0.2, 0) is 4.79 Å². The van der Waals surface area contributed by atoms with Gasteiger partial charge < -0.3 is 10.6 Å². The first-order chi connectivity index (χ1) is 8.90. The van der Waals surface area contributed by atoms with E-state index in [0.29, 0.717) is 25.8 Å². The number of nitrogens with one attached hydrogen (secondary N) is 2. The van der Waals surface area contributed by atoms with E-state index in [1.165, 1.54) is 4.90 Å². The summed E-state index contributed by atoms with van der Waals surface area (Å²) in [6.45, 7) is 5.41. The van der Waals surface area contributed by atoms with Gasteiger partial charge in [-0.15, -0.1) is 0 Å². The van der Waals surface area contributed by atoms with Crippen LogP contribution >= 0.6 is 0 Å². The number of nitrogens with zero attached hydrogens (tertiary/aromatic N) is 2. The van der Waals surface area contributed by atoms with Gasteiger partial charge >= 0.3 is 6.03 Å². The lowest BCUT2D eigenvalue weighted by Gasteiger charge is -2.31. The van der Waals surface area contributed by atoms with E-state index in [4.69, 9.17) is 5.26 Å². The first-order valence-corrected chi connectivity index (χ1v) is 6.66. The molecular formula is C13H20N4O2. The normalized spacial score (nSPS) is 22.5. The maximum Gasteiger partial charge on any atom is 0.325 e. The molecular weight excluding hydrogens is 244 g/mol. The molecule has 6 heteroatoms. The number of nitriles is 1. The van der Waals surface area contributed by atoms with Gasteiger partial charge in [-0.1, -0.05) is 0 Å². The average molecular weight is 264 g/mol. The molecule has 0 bridgehead atoms. The van der Waals surface area contributed by atoms with E-state index in [9.17, 15) is 9.59 Å². The summed E-state index contributed by atoms with van der Waals surface area (Å²) < 4.78 is 0. The van der Waals surface area contributed by atoms with Gasteiger partial charge in [0.25, 0.3) is 5.91 Å². The molecule has 104 valence electrons. The van der Waals surface area contributed by atoms with Crippen molar-refractivity contribution in [3.05, 3.63) is 0 Å². The number of amides is 3. The van der Waals surface area contributed by atoms with Gasteiger partial charge in [-0.3, -0.25) is 9.69 Å². The summed E-state index contributed by atoms with van der Waals surface area (Å²) >= 11 is 0. The van der Waals surface area contributed by atoms with Gasteiger partial charge in [0.05, 0.1) is 11.5 Å². The van der Waals surface area contributed by atoms with Gasteiger partial charge in [-0.2, -0.15) is 5.26 Å². The quantitative estimate of drug-likeness (QED) is 0.731. The Labute approximate surface area is 113 Å². The molecule has 0 aromatic rings. The zero-order valence-electron chi connectivity index (χ0n) is 11.5. The van der Waals surface area contributed by atoms with Crippen molar-refractivity contribution in [3.8, 4) is 6.07 Å².